The van der Waals surface area contributed by atoms with Crippen molar-refractivity contribution >= 4 is 46.4 Å². The highest BCUT2D eigenvalue weighted by atomic mass is 35.5. The topological polar surface area (TPSA) is 76.0 Å². The van der Waals surface area contributed by atoms with Gasteiger partial charge in [-0.2, -0.15) is 5.10 Å². The Balaban J connectivity index is 1.53. The molecule has 8 heteroatoms. The van der Waals surface area contributed by atoms with Crippen molar-refractivity contribution in [1.29, 1.82) is 0 Å². The maximum Gasteiger partial charge on any atom is 0.276 e. The van der Waals surface area contributed by atoms with E-state index in [0.717, 1.165) is 0 Å². The van der Waals surface area contributed by atoms with Crippen molar-refractivity contribution in [2.75, 3.05) is 10.6 Å². The minimum atomic E-state index is -0.348. The maximum absolute atomic E-state index is 12.2. The highest BCUT2D eigenvalue weighted by Crippen LogP contribution is 2.16. The third-order valence-corrected chi connectivity index (χ3v) is 4.10. The summed E-state index contributed by atoms with van der Waals surface area (Å²) in [4.78, 5) is 24.3. The highest BCUT2D eigenvalue weighted by Gasteiger charge is 2.11. The zero-order chi connectivity index (χ0) is 19.2. The fourth-order valence-electron chi connectivity index (χ4n) is 2.37. The summed E-state index contributed by atoms with van der Waals surface area (Å²) in [5.41, 5.74) is 1.47. The Morgan fingerprint density at radius 3 is 2.19 bits per heavy atom. The van der Waals surface area contributed by atoms with Crippen LogP contribution in [-0.4, -0.2) is 21.6 Å². The van der Waals surface area contributed by atoms with E-state index >= 15 is 0 Å². The molecule has 2 aromatic carbocycles. The molecule has 0 spiro atoms. The van der Waals surface area contributed by atoms with Gasteiger partial charge in [-0.05, 0) is 42.5 Å². The monoisotopic (exact) mass is 402 g/mol. The Morgan fingerprint density at radius 2 is 1.56 bits per heavy atom. The predicted molar refractivity (Wildman–Crippen MR) is 106 cm³/mol. The van der Waals surface area contributed by atoms with Crippen LogP contribution in [0.15, 0.2) is 60.8 Å². The van der Waals surface area contributed by atoms with Crippen LogP contribution in [0.1, 0.15) is 16.9 Å². The smallest absolute Gasteiger partial charge is 0.276 e. The van der Waals surface area contributed by atoms with Gasteiger partial charge in [-0.1, -0.05) is 35.3 Å². The van der Waals surface area contributed by atoms with Crippen molar-refractivity contribution in [2.24, 2.45) is 0 Å². The third kappa shape index (κ3) is 5.57. The van der Waals surface area contributed by atoms with E-state index in [4.69, 9.17) is 23.2 Å². The summed E-state index contributed by atoms with van der Waals surface area (Å²) in [6.07, 6.45) is 1.86. The van der Waals surface area contributed by atoms with E-state index in [1.165, 1.54) is 0 Å². The molecule has 0 fully saturated rings. The van der Waals surface area contributed by atoms with E-state index in [-0.39, 0.29) is 23.9 Å². The first-order valence-electron chi connectivity index (χ1n) is 8.15. The Kier molecular flexibility index (Phi) is 6.11. The molecule has 0 aliphatic rings. The molecule has 3 aromatic rings. The number of hydrogen-bond donors (Lipinski definition) is 2. The van der Waals surface area contributed by atoms with Crippen LogP contribution in [0.5, 0.6) is 0 Å². The molecule has 138 valence electrons. The number of nitrogens with one attached hydrogen (secondary N) is 2. The molecular weight excluding hydrogens is 387 g/mol. The lowest BCUT2D eigenvalue weighted by atomic mass is 10.3. The first kappa shape index (κ1) is 18.9. The second-order valence-electron chi connectivity index (χ2n) is 5.74. The molecule has 0 aliphatic carbocycles. The summed E-state index contributed by atoms with van der Waals surface area (Å²) < 4.78 is 1.55. The van der Waals surface area contributed by atoms with E-state index in [1.54, 1.807) is 65.5 Å². The average molecular weight is 403 g/mol. The average Bonchev–Trinajstić information content (AvgIpc) is 3.09. The molecule has 1 heterocycles. The molecular formula is C19H16Cl2N4O2. The lowest BCUT2D eigenvalue weighted by Gasteiger charge is -2.06. The SMILES string of the molecule is O=C(CCn1ccc(C(=O)Nc2cccc(Cl)c2)n1)Nc1cccc(Cl)c1. The lowest BCUT2D eigenvalue weighted by molar-refractivity contribution is -0.116. The van der Waals surface area contributed by atoms with Gasteiger partial charge in [-0.25, -0.2) is 0 Å². The fourth-order valence-corrected chi connectivity index (χ4v) is 2.76. The molecule has 2 amide bonds. The molecule has 0 atom stereocenters. The first-order chi connectivity index (χ1) is 13.0. The minimum absolute atomic E-state index is 0.169. The quantitative estimate of drug-likeness (QED) is 0.638. The van der Waals surface area contributed by atoms with Crippen LogP contribution >= 0.6 is 23.2 Å². The van der Waals surface area contributed by atoms with Crippen LogP contribution in [0.2, 0.25) is 10.0 Å². The molecule has 2 N–H and O–H groups in total. The normalized spacial score (nSPS) is 10.4. The Labute approximate surface area is 166 Å². The van der Waals surface area contributed by atoms with Gasteiger partial charge < -0.3 is 10.6 Å². The number of anilines is 2. The zero-order valence-corrected chi connectivity index (χ0v) is 15.7. The summed E-state index contributed by atoms with van der Waals surface area (Å²) >= 11 is 11.8. The van der Waals surface area contributed by atoms with Crippen molar-refractivity contribution in [1.82, 2.24) is 9.78 Å². The number of carbonyl (C=O) groups excluding carboxylic acids is 2. The molecule has 0 radical (unpaired) electrons. The predicted octanol–water partition coefficient (Wildman–Crippen LogP) is 4.47. The number of aryl methyl sites for hydroxylation is 1. The number of carbonyl (C=O) groups is 2. The van der Waals surface area contributed by atoms with Crippen LogP contribution in [-0.2, 0) is 11.3 Å². The van der Waals surface area contributed by atoms with Crippen LogP contribution in [0, 0.1) is 0 Å². The van der Waals surface area contributed by atoms with Crippen molar-refractivity contribution in [3.05, 3.63) is 76.5 Å². The summed E-state index contributed by atoms with van der Waals surface area (Å²) in [6, 6.07) is 15.4. The van der Waals surface area contributed by atoms with Gasteiger partial charge in [0.1, 0.15) is 0 Å². The molecule has 1 aromatic heterocycles. The summed E-state index contributed by atoms with van der Waals surface area (Å²) in [7, 11) is 0. The maximum atomic E-state index is 12.2. The molecule has 27 heavy (non-hydrogen) atoms. The first-order valence-corrected chi connectivity index (χ1v) is 8.91. The van der Waals surface area contributed by atoms with Crippen molar-refractivity contribution in [3.63, 3.8) is 0 Å². The minimum Gasteiger partial charge on any atom is -0.326 e. The van der Waals surface area contributed by atoms with Gasteiger partial charge in [-0.15, -0.1) is 0 Å². The summed E-state index contributed by atoms with van der Waals surface area (Å²) in [6.45, 7) is 0.344. The van der Waals surface area contributed by atoms with E-state index < -0.39 is 0 Å². The van der Waals surface area contributed by atoms with Gasteiger partial charge in [-0.3, -0.25) is 14.3 Å². The largest absolute Gasteiger partial charge is 0.326 e. The number of amides is 2. The third-order valence-electron chi connectivity index (χ3n) is 3.63. The molecule has 3 rings (SSSR count). The van der Waals surface area contributed by atoms with Gasteiger partial charge in [0.2, 0.25) is 5.91 Å². The number of halogens is 2. The molecule has 0 bridgehead atoms. The van der Waals surface area contributed by atoms with E-state index in [9.17, 15) is 9.59 Å². The molecule has 0 saturated heterocycles. The number of rotatable bonds is 6. The number of aromatic nitrogens is 2. The summed E-state index contributed by atoms with van der Waals surface area (Å²) in [5, 5.41) is 10.8. The zero-order valence-electron chi connectivity index (χ0n) is 14.2. The van der Waals surface area contributed by atoms with Crippen molar-refractivity contribution in [2.45, 2.75) is 13.0 Å². The highest BCUT2D eigenvalue weighted by molar-refractivity contribution is 6.31. The van der Waals surface area contributed by atoms with E-state index in [1.807, 2.05) is 0 Å². The van der Waals surface area contributed by atoms with Gasteiger partial charge >= 0.3 is 0 Å². The van der Waals surface area contributed by atoms with E-state index in [2.05, 4.69) is 15.7 Å². The molecule has 0 unspecified atom stereocenters. The Bertz CT molecular complexity index is 972. The standard InChI is InChI=1S/C19H16Cl2N4O2/c20-13-3-1-5-15(11-13)22-18(26)8-10-25-9-7-17(24-25)19(27)23-16-6-2-4-14(21)12-16/h1-7,9,11-12H,8,10H2,(H,22,26)(H,23,27). The van der Waals surface area contributed by atoms with Crippen LogP contribution < -0.4 is 10.6 Å². The molecule has 6 nitrogen and oxygen atoms in total. The number of hydrogen-bond acceptors (Lipinski definition) is 3. The van der Waals surface area contributed by atoms with Crippen LogP contribution in [0.4, 0.5) is 11.4 Å². The van der Waals surface area contributed by atoms with E-state index in [0.29, 0.717) is 28.0 Å². The molecule has 0 aliphatic heterocycles. The number of benzene rings is 2. The summed E-state index contributed by atoms with van der Waals surface area (Å²) in [5.74, 6) is -0.517. The Hall–Kier alpha value is -2.83. The van der Waals surface area contributed by atoms with Crippen molar-refractivity contribution < 1.29 is 9.59 Å². The number of nitrogens with zero attached hydrogens (tertiary/aromatic N) is 2. The van der Waals surface area contributed by atoms with Gasteiger partial charge in [0.15, 0.2) is 5.69 Å². The van der Waals surface area contributed by atoms with Crippen LogP contribution in [0.3, 0.4) is 0 Å². The molecule has 0 saturated carbocycles. The van der Waals surface area contributed by atoms with Gasteiger partial charge in [0, 0.05) is 40.6 Å². The fraction of sp³-hybridized carbons (Fsp3) is 0.105. The van der Waals surface area contributed by atoms with Crippen molar-refractivity contribution in [3.8, 4) is 0 Å². The Morgan fingerprint density at radius 1 is 0.926 bits per heavy atom. The lowest BCUT2D eigenvalue weighted by Crippen LogP contribution is -2.16. The van der Waals surface area contributed by atoms with Crippen LogP contribution in [0.25, 0.3) is 0 Å². The van der Waals surface area contributed by atoms with Gasteiger partial charge in [0.05, 0.1) is 0 Å². The van der Waals surface area contributed by atoms with Gasteiger partial charge in [0.25, 0.3) is 5.91 Å². The second-order valence-corrected chi connectivity index (χ2v) is 6.61. The second kappa shape index (κ2) is 8.70.